The first-order valence-corrected chi connectivity index (χ1v) is 5.55. The van der Waals surface area contributed by atoms with Crippen LogP contribution in [0.3, 0.4) is 0 Å². The maximum absolute atomic E-state index is 11.7. The first kappa shape index (κ1) is 10.9. The summed E-state index contributed by atoms with van der Waals surface area (Å²) in [4.78, 5) is 18.6. The zero-order chi connectivity index (χ0) is 11.4. The minimum absolute atomic E-state index is 0.130. The summed E-state index contributed by atoms with van der Waals surface area (Å²) in [5.41, 5.74) is 1.58. The van der Waals surface area contributed by atoms with E-state index >= 15 is 0 Å². The van der Waals surface area contributed by atoms with Crippen molar-refractivity contribution < 1.29 is 4.79 Å². The topological polar surface area (TPSA) is 57.8 Å². The van der Waals surface area contributed by atoms with E-state index in [2.05, 4.69) is 31.2 Å². The highest BCUT2D eigenvalue weighted by Gasteiger charge is 2.05. The number of pyridine rings is 1. The van der Waals surface area contributed by atoms with Crippen LogP contribution >= 0.6 is 15.9 Å². The molecule has 0 bridgehead atoms. The highest BCUT2D eigenvalue weighted by molar-refractivity contribution is 9.10. The number of aromatic nitrogens is 2. The van der Waals surface area contributed by atoms with Crippen LogP contribution in [-0.2, 0) is 6.54 Å². The molecule has 0 aliphatic heterocycles. The third-order valence-corrected chi connectivity index (χ3v) is 2.52. The number of rotatable bonds is 3. The van der Waals surface area contributed by atoms with Crippen molar-refractivity contribution in [3.8, 4) is 0 Å². The molecule has 2 rings (SSSR count). The Labute approximate surface area is 101 Å². The number of carbonyl (C=O) groups is 1. The lowest BCUT2D eigenvalue weighted by Gasteiger charge is -2.03. The van der Waals surface area contributed by atoms with E-state index in [4.69, 9.17) is 0 Å². The minimum atomic E-state index is -0.130. The van der Waals surface area contributed by atoms with E-state index in [1.165, 1.54) is 6.20 Å². The summed E-state index contributed by atoms with van der Waals surface area (Å²) >= 11 is 3.27. The molecule has 82 valence electrons. The number of hydrogen-bond acceptors (Lipinski definition) is 2. The number of nitrogens with one attached hydrogen (secondary N) is 2. The van der Waals surface area contributed by atoms with Crippen molar-refractivity contribution in [3.05, 3.63) is 52.5 Å². The molecule has 2 aromatic rings. The van der Waals surface area contributed by atoms with Gasteiger partial charge in [0, 0.05) is 35.8 Å². The predicted octanol–water partition coefficient (Wildman–Crippen LogP) is 2.10. The lowest BCUT2D eigenvalue weighted by atomic mass is 10.2. The van der Waals surface area contributed by atoms with E-state index in [1.54, 1.807) is 12.3 Å². The molecule has 0 unspecified atom stereocenters. The van der Waals surface area contributed by atoms with Gasteiger partial charge in [-0.2, -0.15) is 0 Å². The zero-order valence-electron chi connectivity index (χ0n) is 8.40. The standard InChI is InChI=1S/C11H10BrN3O/c12-10-3-9(6-14-7-10)11(16)15-5-8-1-2-13-4-8/h1-4,6-7,13H,5H2,(H,15,16). The Morgan fingerprint density at radius 1 is 1.50 bits per heavy atom. The summed E-state index contributed by atoms with van der Waals surface area (Å²) < 4.78 is 0.793. The van der Waals surface area contributed by atoms with Crippen molar-refractivity contribution in [1.29, 1.82) is 0 Å². The first-order chi connectivity index (χ1) is 7.75. The number of nitrogens with zero attached hydrogens (tertiary/aromatic N) is 1. The lowest BCUT2D eigenvalue weighted by Crippen LogP contribution is -2.22. The van der Waals surface area contributed by atoms with Gasteiger partial charge in [-0.25, -0.2) is 0 Å². The molecule has 0 aliphatic carbocycles. The summed E-state index contributed by atoms with van der Waals surface area (Å²) in [7, 11) is 0. The van der Waals surface area contributed by atoms with E-state index in [0.29, 0.717) is 12.1 Å². The van der Waals surface area contributed by atoms with Crippen molar-refractivity contribution in [3.63, 3.8) is 0 Å². The Morgan fingerprint density at radius 2 is 2.38 bits per heavy atom. The Bertz CT molecular complexity index is 482. The molecule has 2 heterocycles. The maximum atomic E-state index is 11.7. The smallest absolute Gasteiger partial charge is 0.253 e. The fraction of sp³-hybridized carbons (Fsp3) is 0.0909. The Balaban J connectivity index is 1.98. The van der Waals surface area contributed by atoms with Crippen molar-refractivity contribution in [2.45, 2.75) is 6.54 Å². The van der Waals surface area contributed by atoms with E-state index < -0.39 is 0 Å². The molecule has 1 amide bonds. The average Bonchev–Trinajstić information content (AvgIpc) is 2.78. The quantitative estimate of drug-likeness (QED) is 0.904. The number of H-pyrrole nitrogens is 1. The largest absolute Gasteiger partial charge is 0.367 e. The monoisotopic (exact) mass is 279 g/mol. The molecule has 0 atom stereocenters. The van der Waals surface area contributed by atoms with Crippen LogP contribution in [0.1, 0.15) is 15.9 Å². The van der Waals surface area contributed by atoms with Crippen LogP contribution in [-0.4, -0.2) is 15.9 Å². The van der Waals surface area contributed by atoms with Crippen LogP contribution in [0.15, 0.2) is 41.4 Å². The van der Waals surface area contributed by atoms with Crippen molar-refractivity contribution in [2.75, 3.05) is 0 Å². The number of amides is 1. The van der Waals surface area contributed by atoms with Crippen molar-refractivity contribution in [2.24, 2.45) is 0 Å². The van der Waals surface area contributed by atoms with E-state index in [-0.39, 0.29) is 5.91 Å². The lowest BCUT2D eigenvalue weighted by molar-refractivity contribution is 0.0950. The van der Waals surface area contributed by atoms with Gasteiger partial charge in [0.1, 0.15) is 0 Å². The van der Waals surface area contributed by atoms with Gasteiger partial charge in [-0.1, -0.05) is 0 Å². The number of aromatic amines is 1. The fourth-order valence-corrected chi connectivity index (χ4v) is 1.65. The number of halogens is 1. The Hall–Kier alpha value is -1.62. The highest BCUT2D eigenvalue weighted by atomic mass is 79.9. The van der Waals surface area contributed by atoms with Crippen LogP contribution in [0, 0.1) is 0 Å². The second-order valence-electron chi connectivity index (χ2n) is 3.29. The van der Waals surface area contributed by atoms with Gasteiger partial charge in [0.05, 0.1) is 5.56 Å². The van der Waals surface area contributed by atoms with E-state index in [0.717, 1.165) is 10.0 Å². The second-order valence-corrected chi connectivity index (χ2v) is 4.21. The Morgan fingerprint density at radius 3 is 3.06 bits per heavy atom. The molecule has 0 aromatic carbocycles. The molecule has 0 aliphatic rings. The molecule has 16 heavy (non-hydrogen) atoms. The van der Waals surface area contributed by atoms with Gasteiger partial charge in [-0.05, 0) is 33.6 Å². The third-order valence-electron chi connectivity index (χ3n) is 2.08. The number of carbonyl (C=O) groups excluding carboxylic acids is 1. The second kappa shape index (κ2) is 4.94. The molecule has 0 radical (unpaired) electrons. The van der Waals surface area contributed by atoms with Gasteiger partial charge >= 0.3 is 0 Å². The normalized spacial score (nSPS) is 10.1. The van der Waals surface area contributed by atoms with Crippen LogP contribution < -0.4 is 5.32 Å². The fourth-order valence-electron chi connectivity index (χ4n) is 1.29. The van der Waals surface area contributed by atoms with Gasteiger partial charge in [-0.15, -0.1) is 0 Å². The molecule has 0 spiro atoms. The van der Waals surface area contributed by atoms with Crippen LogP contribution in [0.5, 0.6) is 0 Å². The molecule has 5 heteroatoms. The van der Waals surface area contributed by atoms with E-state index in [1.807, 2.05) is 18.5 Å². The van der Waals surface area contributed by atoms with Crippen LogP contribution in [0.4, 0.5) is 0 Å². The molecule has 0 fully saturated rings. The van der Waals surface area contributed by atoms with Gasteiger partial charge in [0.15, 0.2) is 0 Å². The highest BCUT2D eigenvalue weighted by Crippen LogP contribution is 2.09. The number of hydrogen-bond donors (Lipinski definition) is 2. The summed E-state index contributed by atoms with van der Waals surface area (Å²) in [6.45, 7) is 0.509. The third kappa shape index (κ3) is 2.70. The molecular weight excluding hydrogens is 270 g/mol. The average molecular weight is 280 g/mol. The minimum Gasteiger partial charge on any atom is -0.367 e. The maximum Gasteiger partial charge on any atom is 0.253 e. The van der Waals surface area contributed by atoms with Crippen LogP contribution in [0.25, 0.3) is 0 Å². The molecule has 2 aromatic heterocycles. The van der Waals surface area contributed by atoms with Crippen molar-refractivity contribution in [1.82, 2.24) is 15.3 Å². The first-order valence-electron chi connectivity index (χ1n) is 4.76. The SMILES string of the molecule is O=C(NCc1cc[nH]c1)c1cncc(Br)c1. The Kier molecular flexibility index (Phi) is 3.36. The van der Waals surface area contributed by atoms with Gasteiger partial charge in [0.2, 0.25) is 0 Å². The van der Waals surface area contributed by atoms with Crippen LogP contribution in [0.2, 0.25) is 0 Å². The summed E-state index contributed by atoms with van der Waals surface area (Å²) in [5.74, 6) is -0.130. The molecule has 2 N–H and O–H groups in total. The summed E-state index contributed by atoms with van der Waals surface area (Å²) in [6.07, 6.45) is 6.85. The summed E-state index contributed by atoms with van der Waals surface area (Å²) in [6, 6.07) is 3.65. The zero-order valence-corrected chi connectivity index (χ0v) is 9.99. The molecular formula is C11H10BrN3O. The van der Waals surface area contributed by atoms with Gasteiger partial charge < -0.3 is 10.3 Å². The molecule has 4 nitrogen and oxygen atoms in total. The predicted molar refractivity (Wildman–Crippen MR) is 63.9 cm³/mol. The summed E-state index contributed by atoms with van der Waals surface area (Å²) in [5, 5.41) is 2.81. The molecule has 0 saturated carbocycles. The van der Waals surface area contributed by atoms with Gasteiger partial charge in [0.25, 0.3) is 5.91 Å². The van der Waals surface area contributed by atoms with Gasteiger partial charge in [-0.3, -0.25) is 9.78 Å². The van der Waals surface area contributed by atoms with Crippen molar-refractivity contribution >= 4 is 21.8 Å². The molecule has 0 saturated heterocycles. The van der Waals surface area contributed by atoms with E-state index in [9.17, 15) is 4.79 Å².